The maximum atomic E-state index is 8.85. The molecular formula is C12H11N5. The zero-order valence-electron chi connectivity index (χ0n) is 9.09. The molecule has 1 aromatic heterocycles. The highest BCUT2D eigenvalue weighted by molar-refractivity contribution is 5.72. The summed E-state index contributed by atoms with van der Waals surface area (Å²) in [5, 5.41) is 12.0. The summed E-state index contributed by atoms with van der Waals surface area (Å²) in [4.78, 5) is 7.93. The minimum absolute atomic E-state index is 0.462. The van der Waals surface area contributed by atoms with Crippen LogP contribution in [0.3, 0.4) is 0 Å². The number of nitrogens with one attached hydrogen (secondary N) is 1. The molecule has 0 atom stereocenters. The van der Waals surface area contributed by atoms with Crippen LogP contribution in [0.1, 0.15) is 11.3 Å². The molecule has 5 nitrogen and oxygen atoms in total. The molecule has 0 saturated carbocycles. The lowest BCUT2D eigenvalue weighted by molar-refractivity contribution is 1.01. The average molecular weight is 225 g/mol. The fourth-order valence-electron chi connectivity index (χ4n) is 1.43. The predicted molar refractivity (Wildman–Crippen MR) is 64.9 cm³/mol. The molecule has 0 fully saturated rings. The zero-order valence-corrected chi connectivity index (χ0v) is 9.09. The van der Waals surface area contributed by atoms with Gasteiger partial charge in [-0.25, -0.2) is 9.97 Å². The highest BCUT2D eigenvalue weighted by atomic mass is 14.9. The van der Waals surface area contributed by atoms with E-state index in [1.165, 1.54) is 6.33 Å². The Bertz CT molecular complexity index is 545. The first-order valence-electron chi connectivity index (χ1n) is 5.08. The van der Waals surface area contributed by atoms with E-state index >= 15 is 0 Å². The summed E-state index contributed by atoms with van der Waals surface area (Å²) in [6, 6.07) is 9.17. The summed E-state index contributed by atoms with van der Waals surface area (Å²) >= 11 is 0. The average Bonchev–Trinajstić information content (AvgIpc) is 2.39. The number of rotatable bonds is 3. The lowest BCUT2D eigenvalue weighted by atomic mass is 10.1. The Morgan fingerprint density at radius 3 is 2.94 bits per heavy atom. The lowest BCUT2D eigenvalue weighted by Crippen LogP contribution is -2.05. The van der Waals surface area contributed by atoms with Crippen LogP contribution in [0.2, 0.25) is 0 Å². The lowest BCUT2D eigenvalue weighted by Gasteiger charge is -2.09. The molecule has 1 heterocycles. The van der Waals surface area contributed by atoms with E-state index in [1.807, 2.05) is 18.2 Å². The highest BCUT2D eigenvalue weighted by Gasteiger charge is 2.03. The summed E-state index contributed by atoms with van der Waals surface area (Å²) in [5.41, 5.74) is 8.37. The van der Waals surface area contributed by atoms with E-state index in [4.69, 9.17) is 11.0 Å². The van der Waals surface area contributed by atoms with Crippen LogP contribution in [0, 0.1) is 11.3 Å². The third-order valence-corrected chi connectivity index (χ3v) is 2.33. The fourth-order valence-corrected chi connectivity index (χ4v) is 1.43. The monoisotopic (exact) mass is 225 g/mol. The Kier molecular flexibility index (Phi) is 3.17. The molecule has 2 aromatic rings. The summed E-state index contributed by atoms with van der Waals surface area (Å²) in [6.07, 6.45) is 3.17. The molecule has 0 unspecified atom stereocenters. The molecule has 3 N–H and O–H groups in total. The number of benzene rings is 1. The van der Waals surface area contributed by atoms with Crippen LogP contribution in [-0.2, 0) is 6.54 Å². The Morgan fingerprint density at radius 1 is 1.35 bits per heavy atom. The van der Waals surface area contributed by atoms with Gasteiger partial charge in [0.15, 0.2) is 0 Å². The van der Waals surface area contributed by atoms with Crippen LogP contribution in [0.4, 0.5) is 11.4 Å². The Labute approximate surface area is 98.9 Å². The Balaban J connectivity index is 2.13. The summed E-state index contributed by atoms with van der Waals surface area (Å²) in [5.74, 6) is 0. The number of anilines is 2. The second kappa shape index (κ2) is 4.94. The second-order valence-electron chi connectivity index (χ2n) is 3.43. The van der Waals surface area contributed by atoms with Crippen molar-refractivity contribution < 1.29 is 0 Å². The van der Waals surface area contributed by atoms with Gasteiger partial charge in [0, 0.05) is 6.20 Å². The van der Waals surface area contributed by atoms with Crippen molar-refractivity contribution in [1.29, 1.82) is 5.26 Å². The first kappa shape index (κ1) is 10.9. The van der Waals surface area contributed by atoms with Gasteiger partial charge in [-0.15, -0.1) is 0 Å². The van der Waals surface area contributed by atoms with E-state index in [0.29, 0.717) is 17.8 Å². The number of nitrogen functional groups attached to an aromatic ring is 1. The fraction of sp³-hybridized carbons (Fsp3) is 0.0833. The molecule has 0 radical (unpaired) electrons. The van der Waals surface area contributed by atoms with Crippen molar-refractivity contribution >= 4 is 11.4 Å². The smallest absolute Gasteiger partial charge is 0.115 e. The highest BCUT2D eigenvalue weighted by Crippen LogP contribution is 2.22. The number of para-hydroxylation sites is 1. The number of nitrogens with zero attached hydrogens (tertiary/aromatic N) is 3. The molecule has 0 aliphatic heterocycles. The van der Waals surface area contributed by atoms with Crippen molar-refractivity contribution in [1.82, 2.24) is 9.97 Å². The van der Waals surface area contributed by atoms with Gasteiger partial charge in [-0.1, -0.05) is 6.07 Å². The van der Waals surface area contributed by atoms with E-state index in [2.05, 4.69) is 15.3 Å². The predicted octanol–water partition coefficient (Wildman–Crippen LogP) is 1.54. The van der Waals surface area contributed by atoms with Crippen molar-refractivity contribution in [3.63, 3.8) is 0 Å². The molecule has 0 amide bonds. The minimum Gasteiger partial charge on any atom is -0.396 e. The quantitative estimate of drug-likeness (QED) is 0.773. The number of nitrogens with two attached hydrogens (primary N) is 1. The number of aromatic nitrogens is 2. The SMILES string of the molecule is N#Cc1cccc(NCc2ccncn2)c1N. The largest absolute Gasteiger partial charge is 0.396 e. The van der Waals surface area contributed by atoms with Crippen molar-refractivity contribution in [3.8, 4) is 6.07 Å². The normalized spacial score (nSPS) is 9.59. The molecule has 2 rings (SSSR count). The first-order chi connectivity index (χ1) is 8.31. The Hall–Kier alpha value is -2.61. The van der Waals surface area contributed by atoms with Gasteiger partial charge in [0.05, 0.1) is 29.2 Å². The summed E-state index contributed by atoms with van der Waals surface area (Å²) < 4.78 is 0. The molecule has 84 valence electrons. The van der Waals surface area contributed by atoms with Crippen LogP contribution in [0.5, 0.6) is 0 Å². The molecular weight excluding hydrogens is 214 g/mol. The molecule has 17 heavy (non-hydrogen) atoms. The first-order valence-corrected chi connectivity index (χ1v) is 5.08. The van der Waals surface area contributed by atoms with Crippen molar-refractivity contribution in [3.05, 3.63) is 48.0 Å². The third-order valence-electron chi connectivity index (χ3n) is 2.33. The van der Waals surface area contributed by atoms with Crippen LogP contribution < -0.4 is 11.1 Å². The maximum absolute atomic E-state index is 8.85. The van der Waals surface area contributed by atoms with Crippen molar-refractivity contribution in [2.75, 3.05) is 11.1 Å². The molecule has 0 spiro atoms. The standard InChI is InChI=1S/C12H11N5/c13-6-9-2-1-3-11(12(9)14)16-7-10-4-5-15-8-17-10/h1-5,8,16H,7,14H2. The van der Waals surface area contributed by atoms with E-state index in [1.54, 1.807) is 18.3 Å². The molecule has 0 aliphatic carbocycles. The van der Waals surface area contributed by atoms with Gasteiger partial charge >= 0.3 is 0 Å². The maximum Gasteiger partial charge on any atom is 0.115 e. The van der Waals surface area contributed by atoms with Gasteiger partial charge in [-0.2, -0.15) is 5.26 Å². The second-order valence-corrected chi connectivity index (χ2v) is 3.43. The molecule has 5 heteroatoms. The van der Waals surface area contributed by atoms with Gasteiger partial charge in [-0.05, 0) is 18.2 Å². The van der Waals surface area contributed by atoms with Crippen LogP contribution in [0.15, 0.2) is 36.8 Å². The minimum atomic E-state index is 0.462. The molecule has 0 aliphatic rings. The van der Waals surface area contributed by atoms with E-state index in [9.17, 15) is 0 Å². The van der Waals surface area contributed by atoms with Gasteiger partial charge < -0.3 is 11.1 Å². The van der Waals surface area contributed by atoms with Gasteiger partial charge in [0.1, 0.15) is 12.4 Å². The van der Waals surface area contributed by atoms with Gasteiger partial charge in [0.2, 0.25) is 0 Å². The Morgan fingerprint density at radius 2 is 2.24 bits per heavy atom. The van der Waals surface area contributed by atoms with Gasteiger partial charge in [-0.3, -0.25) is 0 Å². The molecule has 1 aromatic carbocycles. The van der Waals surface area contributed by atoms with Crippen LogP contribution in [-0.4, -0.2) is 9.97 Å². The van der Waals surface area contributed by atoms with Crippen molar-refractivity contribution in [2.24, 2.45) is 0 Å². The topological polar surface area (TPSA) is 87.6 Å². The van der Waals surface area contributed by atoms with Crippen molar-refractivity contribution in [2.45, 2.75) is 6.54 Å². The number of hydrogen-bond donors (Lipinski definition) is 2. The third kappa shape index (κ3) is 2.49. The number of hydrogen-bond acceptors (Lipinski definition) is 5. The summed E-state index contributed by atoms with van der Waals surface area (Å²) in [7, 11) is 0. The van der Waals surface area contributed by atoms with E-state index < -0.39 is 0 Å². The van der Waals surface area contributed by atoms with E-state index in [0.717, 1.165) is 11.4 Å². The van der Waals surface area contributed by atoms with Crippen LogP contribution >= 0.6 is 0 Å². The van der Waals surface area contributed by atoms with Crippen LogP contribution in [0.25, 0.3) is 0 Å². The molecule has 0 saturated heterocycles. The molecule has 0 bridgehead atoms. The zero-order chi connectivity index (χ0) is 12.1. The van der Waals surface area contributed by atoms with E-state index in [-0.39, 0.29) is 0 Å². The number of nitriles is 1. The summed E-state index contributed by atoms with van der Waals surface area (Å²) in [6.45, 7) is 0.543. The van der Waals surface area contributed by atoms with Gasteiger partial charge in [0.25, 0.3) is 0 Å².